The summed E-state index contributed by atoms with van der Waals surface area (Å²) in [7, 11) is 3.52. The molecule has 34 heavy (non-hydrogen) atoms. The van der Waals surface area contributed by atoms with Crippen LogP contribution in [0.5, 0.6) is 5.75 Å². The number of aromatic amines is 1. The Morgan fingerprint density at radius 2 is 2.29 bits per heavy atom. The third kappa shape index (κ3) is 7.01. The van der Waals surface area contributed by atoms with Crippen molar-refractivity contribution in [3.8, 4) is 5.75 Å². The van der Waals surface area contributed by atoms with E-state index in [0.717, 1.165) is 48.4 Å². The molecular formula is C26H37N5O3. The van der Waals surface area contributed by atoms with Gasteiger partial charge >= 0.3 is 0 Å². The molecule has 1 aromatic heterocycles. The number of carbonyl (C=O) groups excluding carboxylic acids is 2. The van der Waals surface area contributed by atoms with Crippen molar-refractivity contribution in [3.63, 3.8) is 0 Å². The highest BCUT2D eigenvalue weighted by Gasteiger charge is 2.25. The Morgan fingerprint density at radius 3 is 3.00 bits per heavy atom. The molecule has 2 atom stereocenters. The van der Waals surface area contributed by atoms with Crippen LogP contribution in [0, 0.1) is 0 Å². The van der Waals surface area contributed by atoms with Gasteiger partial charge in [0.05, 0.1) is 12.4 Å². The number of rotatable bonds is 13. The maximum atomic E-state index is 12.4. The molecular weight excluding hydrogens is 430 g/mol. The number of aromatic nitrogens is 2. The lowest BCUT2D eigenvalue weighted by Gasteiger charge is -2.35. The van der Waals surface area contributed by atoms with Gasteiger partial charge in [0, 0.05) is 44.5 Å². The highest BCUT2D eigenvalue weighted by molar-refractivity contribution is 5.81. The first-order chi connectivity index (χ1) is 16.5. The molecule has 1 fully saturated rings. The quantitative estimate of drug-likeness (QED) is 0.440. The van der Waals surface area contributed by atoms with Crippen LogP contribution >= 0.6 is 0 Å². The zero-order chi connectivity index (χ0) is 24.3. The van der Waals surface area contributed by atoms with E-state index < -0.39 is 0 Å². The largest absolute Gasteiger partial charge is 0.492 e. The van der Waals surface area contributed by atoms with Crippen molar-refractivity contribution in [2.24, 2.45) is 0 Å². The molecule has 2 aromatic rings. The fourth-order valence-corrected chi connectivity index (χ4v) is 4.57. The van der Waals surface area contributed by atoms with Crippen LogP contribution in [0.4, 0.5) is 0 Å². The van der Waals surface area contributed by atoms with Gasteiger partial charge in [-0.15, -0.1) is 0 Å². The van der Waals surface area contributed by atoms with Gasteiger partial charge in [0.1, 0.15) is 18.6 Å². The first-order valence-corrected chi connectivity index (χ1v) is 12.0. The zero-order valence-electron chi connectivity index (χ0n) is 20.3. The van der Waals surface area contributed by atoms with Gasteiger partial charge in [0.2, 0.25) is 5.91 Å². The number of nitrogens with zero attached hydrogens (tertiary/aromatic N) is 3. The van der Waals surface area contributed by atoms with E-state index in [9.17, 15) is 9.59 Å². The second kappa shape index (κ2) is 13.1. The summed E-state index contributed by atoms with van der Waals surface area (Å²) >= 11 is 0. The molecule has 0 saturated carbocycles. The molecule has 0 spiro atoms. The van der Waals surface area contributed by atoms with Gasteiger partial charge in [-0.25, -0.2) is 4.98 Å². The highest BCUT2D eigenvalue weighted by Crippen LogP contribution is 2.24. The van der Waals surface area contributed by atoms with Gasteiger partial charge in [-0.3, -0.25) is 14.6 Å². The number of H-pyrrole nitrogens is 1. The Hall–Kier alpha value is -2.97. The Balaban J connectivity index is 1.67. The van der Waals surface area contributed by atoms with Crippen molar-refractivity contribution >= 4 is 18.3 Å². The van der Waals surface area contributed by atoms with Crippen molar-refractivity contribution in [3.05, 3.63) is 54.1 Å². The second-order valence-corrected chi connectivity index (χ2v) is 8.86. The maximum absolute atomic E-state index is 12.4. The number of imidazole rings is 1. The van der Waals surface area contributed by atoms with Crippen molar-refractivity contribution in [2.75, 3.05) is 27.2 Å². The smallest absolute Gasteiger partial charge is 0.237 e. The number of amides is 1. The lowest BCUT2D eigenvalue weighted by Crippen LogP contribution is -2.43. The number of aldehydes is 1. The molecule has 8 nitrogen and oxygen atoms in total. The molecule has 1 aromatic carbocycles. The van der Waals surface area contributed by atoms with Crippen molar-refractivity contribution in [1.82, 2.24) is 25.1 Å². The van der Waals surface area contributed by atoms with Crippen LogP contribution in [0.25, 0.3) is 6.08 Å². The Kier molecular flexibility index (Phi) is 9.85. The molecule has 2 N–H and O–H groups in total. The van der Waals surface area contributed by atoms with E-state index in [4.69, 9.17) is 4.74 Å². The summed E-state index contributed by atoms with van der Waals surface area (Å²) in [5.41, 5.74) is 3.16. The molecule has 8 heteroatoms. The summed E-state index contributed by atoms with van der Waals surface area (Å²) in [4.78, 5) is 35.0. The van der Waals surface area contributed by atoms with E-state index >= 15 is 0 Å². The monoisotopic (exact) mass is 467 g/mol. The molecule has 1 aliphatic heterocycles. The average Bonchev–Trinajstić information content (AvgIpc) is 3.37. The van der Waals surface area contributed by atoms with Crippen LogP contribution < -0.4 is 10.1 Å². The van der Waals surface area contributed by atoms with E-state index in [1.807, 2.05) is 42.4 Å². The van der Waals surface area contributed by atoms with Gasteiger partial charge in [0.15, 0.2) is 0 Å². The average molecular weight is 468 g/mol. The van der Waals surface area contributed by atoms with Crippen molar-refractivity contribution < 1.29 is 14.3 Å². The summed E-state index contributed by atoms with van der Waals surface area (Å²) in [5.74, 6) is 0.719. The van der Waals surface area contributed by atoms with Crippen LogP contribution in [0.15, 0.2) is 37.3 Å². The SMILES string of the molecule is C=Cc1ccc(OCC2CCCCN2Cc2cnc[nH]2)cc1CN(C)C(CCC=O)C(=O)NC. The van der Waals surface area contributed by atoms with E-state index in [2.05, 4.69) is 26.8 Å². The molecule has 1 saturated heterocycles. The zero-order valence-corrected chi connectivity index (χ0v) is 20.3. The normalized spacial score (nSPS) is 17.3. The minimum absolute atomic E-state index is 0.0911. The molecule has 184 valence electrons. The molecule has 1 aliphatic rings. The second-order valence-electron chi connectivity index (χ2n) is 8.86. The lowest BCUT2D eigenvalue weighted by molar-refractivity contribution is -0.126. The first-order valence-electron chi connectivity index (χ1n) is 12.0. The highest BCUT2D eigenvalue weighted by atomic mass is 16.5. The van der Waals surface area contributed by atoms with E-state index in [1.54, 1.807) is 13.4 Å². The topological polar surface area (TPSA) is 90.6 Å². The minimum atomic E-state index is -0.379. The predicted molar refractivity (Wildman–Crippen MR) is 133 cm³/mol. The lowest BCUT2D eigenvalue weighted by atomic mass is 10.0. The third-order valence-electron chi connectivity index (χ3n) is 6.51. The van der Waals surface area contributed by atoms with Crippen LogP contribution in [0.3, 0.4) is 0 Å². The summed E-state index contributed by atoms with van der Waals surface area (Å²) in [6.45, 7) is 7.01. The molecule has 3 rings (SSSR count). The van der Waals surface area contributed by atoms with Crippen LogP contribution in [0.1, 0.15) is 48.9 Å². The van der Waals surface area contributed by atoms with E-state index in [0.29, 0.717) is 32.0 Å². The number of hydrogen-bond donors (Lipinski definition) is 2. The number of nitrogens with one attached hydrogen (secondary N) is 2. The Morgan fingerprint density at radius 1 is 1.44 bits per heavy atom. The Bertz CT molecular complexity index is 931. The van der Waals surface area contributed by atoms with Gasteiger partial charge in [-0.2, -0.15) is 0 Å². The molecule has 0 radical (unpaired) electrons. The fraction of sp³-hybridized carbons (Fsp3) is 0.500. The minimum Gasteiger partial charge on any atom is -0.492 e. The molecule has 0 bridgehead atoms. The third-order valence-corrected chi connectivity index (χ3v) is 6.51. The van der Waals surface area contributed by atoms with Gasteiger partial charge in [0.25, 0.3) is 0 Å². The standard InChI is InChI=1S/C26H37N5O3/c1-4-20-10-11-24(14-21(20)16-30(3)25(9-7-13-32)26(33)27-2)34-18-23-8-5-6-12-31(23)17-22-15-28-19-29-22/h4,10-11,13-15,19,23,25H,1,5-9,12,16-18H2,2-3H3,(H,27,33)(H,28,29). The number of likely N-dealkylation sites (tertiary alicyclic amines) is 1. The molecule has 0 aliphatic carbocycles. The van der Waals surface area contributed by atoms with Crippen molar-refractivity contribution in [1.29, 1.82) is 0 Å². The Labute approximate surface area is 202 Å². The van der Waals surface area contributed by atoms with Crippen LogP contribution in [0.2, 0.25) is 0 Å². The number of carbonyl (C=O) groups is 2. The number of ether oxygens (including phenoxy) is 1. The number of piperidine rings is 1. The first kappa shape index (κ1) is 25.6. The molecule has 2 heterocycles. The summed E-state index contributed by atoms with van der Waals surface area (Å²) < 4.78 is 6.26. The van der Waals surface area contributed by atoms with Crippen LogP contribution in [-0.4, -0.2) is 71.3 Å². The van der Waals surface area contributed by atoms with E-state index in [-0.39, 0.29) is 11.9 Å². The number of benzene rings is 1. The van der Waals surface area contributed by atoms with Gasteiger partial charge < -0.3 is 19.8 Å². The fourth-order valence-electron chi connectivity index (χ4n) is 4.57. The molecule has 1 amide bonds. The van der Waals surface area contributed by atoms with Gasteiger partial charge in [-0.1, -0.05) is 25.1 Å². The van der Waals surface area contributed by atoms with E-state index in [1.165, 1.54) is 12.8 Å². The van der Waals surface area contributed by atoms with Crippen molar-refractivity contribution in [2.45, 2.75) is 57.3 Å². The van der Waals surface area contributed by atoms with Gasteiger partial charge in [-0.05, 0) is 56.1 Å². The summed E-state index contributed by atoms with van der Waals surface area (Å²) in [6, 6.07) is 6.00. The molecule has 2 unspecified atom stereocenters. The van der Waals surface area contributed by atoms with Crippen LogP contribution in [-0.2, 0) is 22.7 Å². The number of likely N-dealkylation sites (N-methyl/N-ethyl adjacent to an activating group) is 2. The summed E-state index contributed by atoms with van der Waals surface area (Å²) in [6.07, 6.45) is 10.6. The summed E-state index contributed by atoms with van der Waals surface area (Å²) in [5, 5.41) is 2.70. The predicted octanol–water partition coefficient (Wildman–Crippen LogP) is 3.01. The number of hydrogen-bond acceptors (Lipinski definition) is 6. The maximum Gasteiger partial charge on any atom is 0.237 e.